The lowest BCUT2D eigenvalue weighted by atomic mass is 9.85. The number of nitrogens with one attached hydrogen (secondary N) is 1. The molecule has 19 heavy (non-hydrogen) atoms. The second-order valence-electron chi connectivity index (χ2n) is 7.09. The Labute approximate surface area is 118 Å². The van der Waals surface area contributed by atoms with E-state index in [9.17, 15) is 0 Å². The van der Waals surface area contributed by atoms with Gasteiger partial charge in [0.2, 0.25) is 0 Å². The molecule has 1 aromatic carbocycles. The minimum atomic E-state index is 0.256. The summed E-state index contributed by atoms with van der Waals surface area (Å²) in [4.78, 5) is 0. The van der Waals surface area contributed by atoms with Crippen molar-refractivity contribution in [3.8, 4) is 0 Å². The van der Waals surface area contributed by atoms with E-state index in [1.165, 1.54) is 43.2 Å². The van der Waals surface area contributed by atoms with Crippen molar-refractivity contribution in [2.75, 3.05) is 7.05 Å². The summed E-state index contributed by atoms with van der Waals surface area (Å²) in [7, 11) is 2.12. The molecule has 1 aromatic rings. The third kappa shape index (κ3) is 3.82. The van der Waals surface area contributed by atoms with Crippen molar-refractivity contribution in [1.82, 2.24) is 5.32 Å². The Hall–Kier alpha value is -0.820. The molecule has 1 aliphatic carbocycles. The summed E-state index contributed by atoms with van der Waals surface area (Å²) in [6.07, 6.45) is 6.83. The van der Waals surface area contributed by atoms with E-state index in [1.807, 2.05) is 0 Å². The Balaban J connectivity index is 2.01. The molecule has 1 aliphatic rings. The van der Waals surface area contributed by atoms with E-state index >= 15 is 0 Å². The minimum absolute atomic E-state index is 0.256. The van der Waals surface area contributed by atoms with Crippen molar-refractivity contribution in [2.24, 2.45) is 5.92 Å². The van der Waals surface area contributed by atoms with Crippen LogP contribution in [0, 0.1) is 5.92 Å². The zero-order valence-electron chi connectivity index (χ0n) is 13.0. The first-order valence-electron chi connectivity index (χ1n) is 7.77. The molecule has 0 aromatic heterocycles. The third-order valence-electron chi connectivity index (χ3n) is 4.62. The summed E-state index contributed by atoms with van der Waals surface area (Å²) in [6, 6.07) is 9.90. The number of rotatable bonds is 4. The van der Waals surface area contributed by atoms with Crippen molar-refractivity contribution in [3.05, 3.63) is 35.4 Å². The molecule has 0 amide bonds. The quantitative estimate of drug-likeness (QED) is 0.850. The molecule has 1 atom stereocenters. The highest BCUT2D eigenvalue weighted by Gasteiger charge is 2.24. The fraction of sp³-hybridized carbons (Fsp3) is 0.667. The van der Waals surface area contributed by atoms with Crippen molar-refractivity contribution >= 4 is 0 Å². The summed E-state index contributed by atoms with van der Waals surface area (Å²) >= 11 is 0. The molecule has 106 valence electrons. The highest BCUT2D eigenvalue weighted by Crippen LogP contribution is 2.29. The van der Waals surface area contributed by atoms with Crippen molar-refractivity contribution in [2.45, 2.75) is 64.3 Å². The van der Waals surface area contributed by atoms with Gasteiger partial charge in [-0.05, 0) is 48.8 Å². The van der Waals surface area contributed by atoms with Gasteiger partial charge in [-0.15, -0.1) is 0 Å². The van der Waals surface area contributed by atoms with Gasteiger partial charge in [0.1, 0.15) is 0 Å². The Bertz CT molecular complexity index is 379. The molecule has 1 saturated carbocycles. The summed E-state index contributed by atoms with van der Waals surface area (Å²) in [5.41, 5.74) is 3.16. The van der Waals surface area contributed by atoms with Crippen molar-refractivity contribution in [1.29, 1.82) is 0 Å². The van der Waals surface area contributed by atoms with Crippen LogP contribution < -0.4 is 5.32 Å². The SMILES string of the molecule is CNC(Cc1ccc(C(C)(C)C)cc1)C1CCCC1. The van der Waals surface area contributed by atoms with Crippen LogP contribution in [0.1, 0.15) is 57.6 Å². The summed E-state index contributed by atoms with van der Waals surface area (Å²) in [5.74, 6) is 0.882. The van der Waals surface area contributed by atoms with Crippen LogP contribution in [0.15, 0.2) is 24.3 Å². The normalized spacial score (nSPS) is 18.7. The molecule has 0 bridgehead atoms. The van der Waals surface area contributed by atoms with E-state index in [4.69, 9.17) is 0 Å². The first kappa shape index (κ1) is 14.6. The second-order valence-corrected chi connectivity index (χ2v) is 7.09. The van der Waals surface area contributed by atoms with Crippen molar-refractivity contribution in [3.63, 3.8) is 0 Å². The Kier molecular flexibility index (Phi) is 4.67. The molecular formula is C18H29N. The molecule has 2 rings (SSSR count). The van der Waals surface area contributed by atoms with Gasteiger partial charge in [0, 0.05) is 6.04 Å². The predicted molar refractivity (Wildman–Crippen MR) is 83.7 cm³/mol. The molecule has 1 nitrogen and oxygen atoms in total. The van der Waals surface area contributed by atoms with Gasteiger partial charge >= 0.3 is 0 Å². The van der Waals surface area contributed by atoms with Crippen LogP contribution in [-0.4, -0.2) is 13.1 Å². The molecule has 0 saturated heterocycles. The first-order chi connectivity index (χ1) is 9.00. The van der Waals surface area contributed by atoms with Crippen molar-refractivity contribution < 1.29 is 0 Å². The summed E-state index contributed by atoms with van der Waals surface area (Å²) < 4.78 is 0. The molecule has 1 unspecified atom stereocenters. The second kappa shape index (κ2) is 6.09. The van der Waals surface area contributed by atoms with Crippen LogP contribution >= 0.6 is 0 Å². The number of likely N-dealkylation sites (N-methyl/N-ethyl adjacent to an activating group) is 1. The molecule has 0 spiro atoms. The van der Waals surface area contributed by atoms with E-state index in [2.05, 4.69) is 57.4 Å². The van der Waals surface area contributed by atoms with E-state index < -0.39 is 0 Å². The smallest absolute Gasteiger partial charge is 0.0133 e. The molecule has 0 aliphatic heterocycles. The maximum Gasteiger partial charge on any atom is 0.0133 e. The lowest BCUT2D eigenvalue weighted by Gasteiger charge is -2.24. The van der Waals surface area contributed by atoms with Crippen LogP contribution in [0.2, 0.25) is 0 Å². The summed E-state index contributed by atoms with van der Waals surface area (Å²) in [5, 5.41) is 3.54. The Morgan fingerprint density at radius 2 is 1.68 bits per heavy atom. The number of hydrogen-bond donors (Lipinski definition) is 1. The molecule has 1 fully saturated rings. The van der Waals surface area contributed by atoms with Gasteiger partial charge < -0.3 is 5.32 Å². The fourth-order valence-electron chi connectivity index (χ4n) is 3.26. The molecular weight excluding hydrogens is 230 g/mol. The average Bonchev–Trinajstić information content (AvgIpc) is 2.89. The molecule has 0 radical (unpaired) electrons. The van der Waals surface area contributed by atoms with Crippen LogP contribution in [0.3, 0.4) is 0 Å². The largest absolute Gasteiger partial charge is 0.316 e. The van der Waals surface area contributed by atoms with Gasteiger partial charge in [-0.25, -0.2) is 0 Å². The number of benzene rings is 1. The van der Waals surface area contributed by atoms with Gasteiger partial charge in [0.15, 0.2) is 0 Å². The molecule has 1 heteroatoms. The molecule has 0 heterocycles. The van der Waals surface area contributed by atoms with Gasteiger partial charge in [0.25, 0.3) is 0 Å². The topological polar surface area (TPSA) is 12.0 Å². The fourth-order valence-corrected chi connectivity index (χ4v) is 3.26. The lowest BCUT2D eigenvalue weighted by Crippen LogP contribution is -2.34. The maximum absolute atomic E-state index is 3.54. The first-order valence-corrected chi connectivity index (χ1v) is 7.77. The van der Waals surface area contributed by atoms with Gasteiger partial charge in [-0.1, -0.05) is 57.9 Å². The predicted octanol–water partition coefficient (Wildman–Crippen LogP) is 4.30. The summed E-state index contributed by atoms with van der Waals surface area (Å²) in [6.45, 7) is 6.82. The molecule has 1 N–H and O–H groups in total. The highest BCUT2D eigenvalue weighted by molar-refractivity contribution is 5.28. The zero-order valence-corrected chi connectivity index (χ0v) is 13.0. The average molecular weight is 259 g/mol. The third-order valence-corrected chi connectivity index (χ3v) is 4.62. The van der Waals surface area contributed by atoms with Crippen LogP contribution in [-0.2, 0) is 11.8 Å². The van der Waals surface area contributed by atoms with E-state index in [1.54, 1.807) is 0 Å². The van der Waals surface area contributed by atoms with E-state index in [0.29, 0.717) is 6.04 Å². The van der Waals surface area contributed by atoms with Crippen LogP contribution in [0.5, 0.6) is 0 Å². The highest BCUT2D eigenvalue weighted by atomic mass is 14.9. The van der Waals surface area contributed by atoms with E-state index in [-0.39, 0.29) is 5.41 Å². The van der Waals surface area contributed by atoms with Crippen LogP contribution in [0.25, 0.3) is 0 Å². The zero-order chi connectivity index (χ0) is 13.9. The number of hydrogen-bond acceptors (Lipinski definition) is 1. The van der Waals surface area contributed by atoms with Crippen LogP contribution in [0.4, 0.5) is 0 Å². The van der Waals surface area contributed by atoms with Gasteiger partial charge in [-0.3, -0.25) is 0 Å². The monoisotopic (exact) mass is 259 g/mol. The standard InChI is InChI=1S/C18H29N/c1-18(2,3)16-11-9-14(10-12-16)13-17(19-4)15-7-5-6-8-15/h9-12,15,17,19H,5-8,13H2,1-4H3. The maximum atomic E-state index is 3.54. The van der Waals surface area contributed by atoms with E-state index in [0.717, 1.165) is 5.92 Å². The minimum Gasteiger partial charge on any atom is -0.316 e. The Morgan fingerprint density at radius 3 is 2.16 bits per heavy atom. The lowest BCUT2D eigenvalue weighted by molar-refractivity contribution is 0.377. The Morgan fingerprint density at radius 1 is 1.11 bits per heavy atom. The van der Waals surface area contributed by atoms with Gasteiger partial charge in [0.05, 0.1) is 0 Å². The van der Waals surface area contributed by atoms with Gasteiger partial charge in [-0.2, -0.15) is 0 Å².